The fraction of sp³-hybridized carbons (Fsp3) is 0.500. The van der Waals surface area contributed by atoms with Crippen LogP contribution in [0, 0.1) is 29.1 Å². The van der Waals surface area contributed by atoms with E-state index in [1.807, 2.05) is 37.3 Å². The third kappa shape index (κ3) is 4.59. The second kappa shape index (κ2) is 10.0. The van der Waals surface area contributed by atoms with E-state index in [1.54, 1.807) is 19.1 Å². The van der Waals surface area contributed by atoms with E-state index in [0.717, 1.165) is 5.56 Å². The Bertz CT molecular complexity index is 1140. The summed E-state index contributed by atoms with van der Waals surface area (Å²) in [5.74, 6) is -3.26. The Kier molecular flexibility index (Phi) is 7.32. The predicted octanol–water partition coefficient (Wildman–Crippen LogP) is 2.92. The summed E-state index contributed by atoms with van der Waals surface area (Å²) in [6.07, 6.45) is 5.01. The van der Waals surface area contributed by atoms with Gasteiger partial charge in [-0.25, -0.2) is 0 Å². The van der Waals surface area contributed by atoms with Crippen molar-refractivity contribution in [1.29, 1.82) is 0 Å². The molecule has 1 aromatic rings. The van der Waals surface area contributed by atoms with Gasteiger partial charge in [0.05, 0.1) is 6.10 Å². The minimum absolute atomic E-state index is 0.287. The number of benzene rings is 1. The first-order chi connectivity index (χ1) is 17.4. The number of hydrogen-bond donors (Lipinski definition) is 3. The first-order valence-corrected chi connectivity index (χ1v) is 12.9. The third-order valence-electron chi connectivity index (χ3n) is 8.53. The number of allylic oxidation sites excluding steroid dienone is 1. The van der Waals surface area contributed by atoms with E-state index in [9.17, 15) is 24.6 Å². The molecule has 0 unspecified atom stereocenters. The molecule has 37 heavy (non-hydrogen) atoms. The largest absolute Gasteiger partial charge is 0.457 e. The summed E-state index contributed by atoms with van der Waals surface area (Å²) in [4.78, 5) is 39.5. The number of ketones is 1. The average molecular weight is 508 g/mol. The number of carbonyl (C=O) groups is 3. The van der Waals surface area contributed by atoms with Crippen LogP contribution in [0.15, 0.2) is 66.8 Å². The van der Waals surface area contributed by atoms with Crippen molar-refractivity contribution in [3.63, 3.8) is 0 Å². The molecule has 1 spiro atoms. The maximum atomic E-state index is 14.2. The zero-order valence-corrected chi connectivity index (χ0v) is 21.9. The summed E-state index contributed by atoms with van der Waals surface area (Å²) in [5, 5.41) is 25.7. The summed E-state index contributed by atoms with van der Waals surface area (Å²) >= 11 is 0. The van der Waals surface area contributed by atoms with Crippen LogP contribution in [-0.2, 0) is 25.5 Å². The molecule has 1 amide bonds. The van der Waals surface area contributed by atoms with E-state index in [2.05, 4.69) is 11.9 Å². The highest BCUT2D eigenvalue weighted by Crippen LogP contribution is 2.58. The first kappa shape index (κ1) is 27.0. The number of ether oxygens (including phenoxy) is 1. The van der Waals surface area contributed by atoms with E-state index >= 15 is 0 Å². The standard InChI is InChI=1S/C30H37NO6/c1-17-10-9-13-22-26(33)19(3)18(2)25-23(16-21-11-7-6-8-12-21)31-28(35)30(22,25)24(37-20(4)32)14-15-29(5,36)27(17)34/h6-9,11-15,17-18,22-26,33,36H,3,10,16H2,1-2,4-5H3,(H,31,35)/b13-9+,15-14-/t17-,18+,22-,23+,24-,25+,26+,29+,30+/m1/s1. The van der Waals surface area contributed by atoms with Crippen molar-refractivity contribution in [2.75, 3.05) is 0 Å². The van der Waals surface area contributed by atoms with Crippen LogP contribution in [-0.4, -0.2) is 51.7 Å². The number of rotatable bonds is 3. The molecule has 3 N–H and O–H groups in total. The third-order valence-corrected chi connectivity index (χ3v) is 8.53. The van der Waals surface area contributed by atoms with Crippen molar-refractivity contribution in [3.05, 3.63) is 72.4 Å². The van der Waals surface area contributed by atoms with Crippen molar-refractivity contribution in [1.82, 2.24) is 5.32 Å². The number of aliphatic hydroxyl groups excluding tert-OH is 1. The molecule has 1 saturated heterocycles. The maximum Gasteiger partial charge on any atom is 0.303 e. The molecule has 3 aliphatic rings. The molecule has 1 aliphatic heterocycles. The zero-order chi connectivity index (χ0) is 27.1. The minimum atomic E-state index is -1.82. The first-order valence-electron chi connectivity index (χ1n) is 12.9. The van der Waals surface area contributed by atoms with Crippen LogP contribution in [0.1, 0.15) is 39.7 Å². The van der Waals surface area contributed by atoms with E-state index < -0.39 is 46.9 Å². The molecule has 4 rings (SSSR count). The molecular formula is C30H37NO6. The SMILES string of the molecule is C=C1[C@H](C)[C@H]2[C@H](Cc3ccccc3)NC(=O)[C@]23[C@H](/C=C/C[C@@H](C)C(=O)[C@@](C)(O)/C=C\[C@H]3OC(C)=O)[C@H]1O. The van der Waals surface area contributed by atoms with E-state index in [0.29, 0.717) is 18.4 Å². The van der Waals surface area contributed by atoms with E-state index in [-0.39, 0.29) is 23.7 Å². The lowest BCUT2D eigenvalue weighted by Crippen LogP contribution is -2.60. The normalized spacial score (nSPS) is 41.6. The Labute approximate surface area is 218 Å². The van der Waals surface area contributed by atoms with Gasteiger partial charge in [0.2, 0.25) is 5.91 Å². The highest BCUT2D eigenvalue weighted by Gasteiger charge is 2.68. The summed E-state index contributed by atoms with van der Waals surface area (Å²) in [7, 11) is 0. The average Bonchev–Trinajstić information content (AvgIpc) is 3.13. The quantitative estimate of drug-likeness (QED) is 0.428. The van der Waals surface area contributed by atoms with Gasteiger partial charge in [0.25, 0.3) is 0 Å². The van der Waals surface area contributed by atoms with Gasteiger partial charge in [-0.15, -0.1) is 0 Å². The minimum Gasteiger partial charge on any atom is -0.457 e. The number of nitrogens with one attached hydrogen (secondary N) is 1. The monoisotopic (exact) mass is 507 g/mol. The number of hydrogen-bond acceptors (Lipinski definition) is 6. The molecule has 2 fully saturated rings. The Morgan fingerprint density at radius 3 is 2.51 bits per heavy atom. The summed E-state index contributed by atoms with van der Waals surface area (Å²) in [5.41, 5.74) is -1.55. The summed E-state index contributed by atoms with van der Waals surface area (Å²) in [6.45, 7) is 10.5. The lowest BCUT2D eigenvalue weighted by atomic mass is 9.51. The van der Waals surface area contributed by atoms with Crippen LogP contribution in [0.25, 0.3) is 0 Å². The van der Waals surface area contributed by atoms with Crippen LogP contribution in [0.4, 0.5) is 0 Å². The molecule has 7 nitrogen and oxygen atoms in total. The summed E-state index contributed by atoms with van der Waals surface area (Å²) < 4.78 is 5.81. The molecule has 9 atom stereocenters. The molecule has 198 valence electrons. The number of amides is 1. The second-order valence-corrected chi connectivity index (χ2v) is 11.0. The highest BCUT2D eigenvalue weighted by molar-refractivity contribution is 5.91. The Morgan fingerprint density at radius 2 is 1.86 bits per heavy atom. The van der Waals surface area contributed by atoms with Gasteiger partial charge in [0, 0.05) is 30.7 Å². The topological polar surface area (TPSA) is 113 Å². The molecule has 1 heterocycles. The zero-order valence-electron chi connectivity index (χ0n) is 21.9. The van der Waals surface area contributed by atoms with Gasteiger partial charge in [-0.05, 0) is 49.0 Å². The van der Waals surface area contributed by atoms with Crippen molar-refractivity contribution in [3.8, 4) is 0 Å². The van der Waals surface area contributed by atoms with Crippen LogP contribution in [0.3, 0.4) is 0 Å². The Balaban J connectivity index is 1.94. The summed E-state index contributed by atoms with van der Waals surface area (Å²) in [6, 6.07) is 9.49. The maximum absolute atomic E-state index is 14.2. The molecule has 1 saturated carbocycles. The van der Waals surface area contributed by atoms with Gasteiger partial charge < -0.3 is 20.3 Å². The lowest BCUT2D eigenvalue weighted by Gasteiger charge is -2.52. The molecular weight excluding hydrogens is 470 g/mol. The number of Topliss-reactive ketones (excluding diaryl/α,β-unsaturated/α-hetero) is 1. The second-order valence-electron chi connectivity index (χ2n) is 11.0. The number of carbonyl (C=O) groups excluding carboxylic acids is 3. The van der Waals surface area contributed by atoms with Crippen molar-refractivity contribution in [2.24, 2.45) is 29.1 Å². The molecule has 7 heteroatoms. The van der Waals surface area contributed by atoms with Gasteiger partial charge in [-0.2, -0.15) is 0 Å². The molecule has 2 aliphatic carbocycles. The van der Waals surface area contributed by atoms with Gasteiger partial charge >= 0.3 is 5.97 Å². The van der Waals surface area contributed by atoms with Crippen LogP contribution in [0.5, 0.6) is 0 Å². The predicted molar refractivity (Wildman–Crippen MR) is 139 cm³/mol. The van der Waals surface area contributed by atoms with Crippen molar-refractivity contribution in [2.45, 2.75) is 64.4 Å². The lowest BCUT2D eigenvalue weighted by molar-refractivity contribution is -0.166. The fourth-order valence-corrected chi connectivity index (χ4v) is 6.68. The Morgan fingerprint density at radius 1 is 1.19 bits per heavy atom. The molecule has 1 aromatic carbocycles. The van der Waals surface area contributed by atoms with Crippen molar-refractivity contribution < 1.29 is 29.3 Å². The fourth-order valence-electron chi connectivity index (χ4n) is 6.68. The smallest absolute Gasteiger partial charge is 0.303 e. The van der Waals surface area contributed by atoms with Gasteiger partial charge in [-0.1, -0.05) is 62.9 Å². The van der Waals surface area contributed by atoms with Crippen LogP contribution in [0.2, 0.25) is 0 Å². The van der Waals surface area contributed by atoms with E-state index in [1.165, 1.54) is 26.0 Å². The highest BCUT2D eigenvalue weighted by atomic mass is 16.5. The molecule has 0 radical (unpaired) electrons. The van der Waals surface area contributed by atoms with Gasteiger partial charge in [0.15, 0.2) is 5.78 Å². The van der Waals surface area contributed by atoms with Gasteiger partial charge in [0.1, 0.15) is 17.1 Å². The molecule has 0 aromatic heterocycles. The number of aliphatic hydroxyl groups is 2. The Hall–Kier alpha value is -3.03. The van der Waals surface area contributed by atoms with E-state index in [4.69, 9.17) is 4.74 Å². The molecule has 0 bridgehead atoms. The number of esters is 1. The van der Waals surface area contributed by atoms with Crippen molar-refractivity contribution >= 4 is 17.7 Å². The van der Waals surface area contributed by atoms with Gasteiger partial charge in [-0.3, -0.25) is 14.4 Å². The van der Waals surface area contributed by atoms with Crippen LogP contribution < -0.4 is 5.32 Å². The van der Waals surface area contributed by atoms with Crippen LogP contribution >= 0.6 is 0 Å².